The van der Waals surface area contributed by atoms with Crippen LogP contribution in [0.1, 0.15) is 44.2 Å². The van der Waals surface area contributed by atoms with Crippen molar-refractivity contribution in [3.63, 3.8) is 0 Å². The summed E-state index contributed by atoms with van der Waals surface area (Å²) in [5.74, 6) is 1.56. The molecule has 0 amide bonds. The van der Waals surface area contributed by atoms with Crippen molar-refractivity contribution in [2.75, 3.05) is 19.0 Å². The van der Waals surface area contributed by atoms with E-state index in [1.807, 2.05) is 42.5 Å². The molecule has 0 bridgehead atoms. The van der Waals surface area contributed by atoms with E-state index in [0.717, 1.165) is 41.9 Å². The molecule has 3 heterocycles. The molecule has 6 rings (SSSR count). The fourth-order valence-corrected chi connectivity index (χ4v) is 5.78. The highest BCUT2D eigenvalue weighted by atomic mass is 35.5. The number of hydrogen-bond acceptors (Lipinski definition) is 8. The SMILES string of the molecule is COCC(Nc1nc2nc(-c3noc(=O)[nH]3)nc(-c3cccc(Cl)c3)c2n1CC1CCC(C)CC1)c1ccccc1. The normalized spacial score (nSPS) is 18.0. The molecule has 212 valence electrons. The molecule has 0 aliphatic heterocycles. The van der Waals surface area contributed by atoms with Crippen molar-refractivity contribution in [2.24, 2.45) is 11.8 Å². The molecule has 1 aliphatic rings. The number of rotatable bonds is 9. The minimum absolute atomic E-state index is 0.132. The largest absolute Gasteiger partial charge is 0.439 e. The molecule has 0 radical (unpaired) electrons. The topological polar surface area (TPSA) is 124 Å². The summed E-state index contributed by atoms with van der Waals surface area (Å²) >= 11 is 6.42. The van der Waals surface area contributed by atoms with Crippen LogP contribution in [-0.4, -0.2) is 43.4 Å². The van der Waals surface area contributed by atoms with Gasteiger partial charge < -0.3 is 14.6 Å². The van der Waals surface area contributed by atoms with Gasteiger partial charge in [-0.05, 0) is 42.4 Å². The number of aromatic amines is 1. The molecule has 1 atom stereocenters. The van der Waals surface area contributed by atoms with Crippen LogP contribution in [0.3, 0.4) is 0 Å². The third kappa shape index (κ3) is 5.89. The summed E-state index contributed by atoms with van der Waals surface area (Å²) < 4.78 is 12.5. The van der Waals surface area contributed by atoms with Crippen LogP contribution in [0.5, 0.6) is 0 Å². The summed E-state index contributed by atoms with van der Waals surface area (Å²) in [5, 5.41) is 8.06. The molecule has 11 heteroatoms. The van der Waals surface area contributed by atoms with Gasteiger partial charge in [-0.15, -0.1) is 0 Å². The van der Waals surface area contributed by atoms with Gasteiger partial charge in [-0.2, -0.15) is 4.98 Å². The second-order valence-corrected chi connectivity index (χ2v) is 11.2. The Hall–Kier alpha value is -4.02. The molecule has 41 heavy (non-hydrogen) atoms. The van der Waals surface area contributed by atoms with Gasteiger partial charge in [-0.25, -0.2) is 14.8 Å². The standard InChI is InChI=1S/C30H32ClN7O3/c1-18-11-13-19(14-12-18)16-38-25-24(21-9-6-10-22(31)15-21)33-27(28-36-30(39)41-37-28)34-26(25)35-29(38)32-23(17-40-2)20-7-4-3-5-8-20/h3-10,15,18-19,23H,11-14,16-17H2,1-2H3,(H,36,37,39)(H,32,33,34,35). The van der Waals surface area contributed by atoms with Crippen LogP contribution < -0.4 is 11.1 Å². The van der Waals surface area contributed by atoms with Crippen molar-refractivity contribution >= 4 is 28.7 Å². The maximum absolute atomic E-state index is 11.7. The average Bonchev–Trinajstić information content (AvgIpc) is 3.57. The van der Waals surface area contributed by atoms with Gasteiger partial charge in [-0.3, -0.25) is 9.51 Å². The maximum Gasteiger partial charge on any atom is 0.439 e. The van der Waals surface area contributed by atoms with Crippen LogP contribution in [0, 0.1) is 11.8 Å². The van der Waals surface area contributed by atoms with Gasteiger partial charge in [0, 0.05) is 24.2 Å². The molecule has 1 fully saturated rings. The molecule has 1 unspecified atom stereocenters. The van der Waals surface area contributed by atoms with E-state index < -0.39 is 5.76 Å². The maximum atomic E-state index is 11.7. The van der Waals surface area contributed by atoms with Crippen molar-refractivity contribution in [3.8, 4) is 22.9 Å². The number of nitrogens with zero attached hydrogens (tertiary/aromatic N) is 5. The molecule has 0 saturated heterocycles. The van der Waals surface area contributed by atoms with Crippen LogP contribution >= 0.6 is 11.6 Å². The highest BCUT2D eigenvalue weighted by Gasteiger charge is 2.26. The summed E-state index contributed by atoms with van der Waals surface area (Å²) in [7, 11) is 1.69. The number of anilines is 1. The smallest absolute Gasteiger partial charge is 0.382 e. The summed E-state index contributed by atoms with van der Waals surface area (Å²) in [6, 6.07) is 17.5. The zero-order valence-electron chi connectivity index (χ0n) is 23.0. The Labute approximate surface area is 242 Å². The van der Waals surface area contributed by atoms with Gasteiger partial charge in [0.2, 0.25) is 17.6 Å². The first-order chi connectivity index (χ1) is 20.0. The van der Waals surface area contributed by atoms with Crippen molar-refractivity contribution in [1.82, 2.24) is 29.7 Å². The van der Waals surface area contributed by atoms with Crippen molar-refractivity contribution in [1.29, 1.82) is 0 Å². The molecule has 5 aromatic rings. The Balaban J connectivity index is 1.54. The first-order valence-electron chi connectivity index (χ1n) is 13.9. The molecular formula is C30H32ClN7O3. The van der Waals surface area contributed by atoms with Gasteiger partial charge in [0.1, 0.15) is 11.2 Å². The van der Waals surface area contributed by atoms with E-state index in [9.17, 15) is 4.79 Å². The second kappa shape index (κ2) is 11.8. The van der Waals surface area contributed by atoms with E-state index in [0.29, 0.717) is 34.8 Å². The fraction of sp³-hybridized carbons (Fsp3) is 0.367. The van der Waals surface area contributed by atoms with Crippen LogP contribution in [0.25, 0.3) is 34.1 Å². The number of halogens is 1. The first-order valence-corrected chi connectivity index (χ1v) is 14.3. The van der Waals surface area contributed by atoms with E-state index in [4.69, 9.17) is 35.8 Å². The Kier molecular flexibility index (Phi) is 7.84. The van der Waals surface area contributed by atoms with E-state index in [2.05, 4.69) is 39.1 Å². The Morgan fingerprint density at radius 1 is 1.10 bits per heavy atom. The lowest BCUT2D eigenvalue weighted by Gasteiger charge is -2.28. The summed E-state index contributed by atoms with van der Waals surface area (Å²) in [6.07, 6.45) is 4.70. The van der Waals surface area contributed by atoms with Gasteiger partial charge in [0.25, 0.3) is 0 Å². The van der Waals surface area contributed by atoms with E-state index in [1.165, 1.54) is 12.8 Å². The number of aromatic nitrogens is 6. The fourth-order valence-electron chi connectivity index (χ4n) is 5.59. The van der Waals surface area contributed by atoms with Crippen molar-refractivity contribution < 1.29 is 9.26 Å². The highest BCUT2D eigenvalue weighted by Crippen LogP contribution is 2.36. The number of nitrogens with one attached hydrogen (secondary N) is 2. The van der Waals surface area contributed by atoms with Crippen LogP contribution in [0.2, 0.25) is 5.02 Å². The van der Waals surface area contributed by atoms with Gasteiger partial charge in [0.05, 0.1) is 12.6 Å². The summed E-state index contributed by atoms with van der Waals surface area (Å²) in [4.78, 5) is 28.9. The minimum Gasteiger partial charge on any atom is -0.382 e. The van der Waals surface area contributed by atoms with Gasteiger partial charge >= 0.3 is 5.76 Å². The lowest BCUT2D eigenvalue weighted by atomic mass is 9.83. The predicted octanol–water partition coefficient (Wildman–Crippen LogP) is 6.12. The van der Waals surface area contributed by atoms with E-state index in [1.54, 1.807) is 7.11 Å². The first kappa shape index (κ1) is 27.2. The molecule has 2 aromatic carbocycles. The molecule has 1 aliphatic carbocycles. The molecule has 0 spiro atoms. The Bertz CT molecular complexity index is 1690. The summed E-state index contributed by atoms with van der Waals surface area (Å²) in [6.45, 7) is 3.54. The number of methoxy groups -OCH3 is 1. The van der Waals surface area contributed by atoms with Gasteiger partial charge in [-0.1, -0.05) is 79.0 Å². The van der Waals surface area contributed by atoms with Crippen LogP contribution in [0.15, 0.2) is 63.9 Å². The zero-order chi connectivity index (χ0) is 28.3. The van der Waals surface area contributed by atoms with E-state index >= 15 is 0 Å². The lowest BCUT2D eigenvalue weighted by Crippen LogP contribution is -2.22. The average molecular weight is 574 g/mol. The Morgan fingerprint density at radius 3 is 2.61 bits per heavy atom. The molecule has 3 aromatic heterocycles. The molecule has 1 saturated carbocycles. The van der Waals surface area contributed by atoms with Crippen molar-refractivity contribution in [2.45, 2.75) is 45.2 Å². The Morgan fingerprint density at radius 2 is 1.90 bits per heavy atom. The van der Waals surface area contributed by atoms with Crippen LogP contribution in [-0.2, 0) is 11.3 Å². The predicted molar refractivity (Wildman–Crippen MR) is 158 cm³/mol. The van der Waals surface area contributed by atoms with Gasteiger partial charge in [0.15, 0.2) is 5.65 Å². The number of hydrogen-bond donors (Lipinski definition) is 2. The number of H-pyrrole nitrogens is 1. The minimum atomic E-state index is -0.683. The second-order valence-electron chi connectivity index (χ2n) is 10.8. The third-order valence-electron chi connectivity index (χ3n) is 7.77. The molecule has 10 nitrogen and oxygen atoms in total. The summed E-state index contributed by atoms with van der Waals surface area (Å²) in [5.41, 5.74) is 3.79. The quantitative estimate of drug-likeness (QED) is 0.216. The monoisotopic (exact) mass is 573 g/mol. The lowest BCUT2D eigenvalue weighted by molar-refractivity contribution is 0.186. The molecule has 2 N–H and O–H groups in total. The third-order valence-corrected chi connectivity index (χ3v) is 8.00. The number of benzene rings is 2. The van der Waals surface area contributed by atoms with Crippen molar-refractivity contribution in [3.05, 3.63) is 75.7 Å². The zero-order valence-corrected chi connectivity index (χ0v) is 23.8. The van der Waals surface area contributed by atoms with Crippen LogP contribution in [0.4, 0.5) is 5.95 Å². The van der Waals surface area contributed by atoms with E-state index in [-0.39, 0.29) is 17.7 Å². The number of ether oxygens (including phenoxy) is 1. The highest BCUT2D eigenvalue weighted by molar-refractivity contribution is 6.30. The molecular weight excluding hydrogens is 542 g/mol. The number of imidazole rings is 1. The number of fused-ring (bicyclic) bond motifs is 1.